The maximum atomic E-state index is 2.53. The van der Waals surface area contributed by atoms with Gasteiger partial charge in [-0.05, 0) is 0 Å². The summed E-state index contributed by atoms with van der Waals surface area (Å²) in [4.78, 5) is 2.53. The van der Waals surface area contributed by atoms with Crippen molar-refractivity contribution in [2.24, 2.45) is 0 Å². The molecule has 11 heavy (non-hydrogen) atoms. The first kappa shape index (κ1) is 7.54. The van der Waals surface area contributed by atoms with E-state index in [0.717, 1.165) is 4.75 Å². The van der Waals surface area contributed by atoms with Gasteiger partial charge in [-0.2, -0.15) is 0 Å². The molecule has 0 nitrogen and oxygen atoms in total. The molecule has 58 valence electrons. The van der Waals surface area contributed by atoms with Gasteiger partial charge in [0.1, 0.15) is 0 Å². The Kier molecular flexibility index (Phi) is 2.12. The van der Waals surface area contributed by atoms with Gasteiger partial charge >= 0.3 is 72.3 Å². The van der Waals surface area contributed by atoms with Crippen LogP contribution in [0.3, 0.4) is 0 Å². The van der Waals surface area contributed by atoms with E-state index in [9.17, 15) is 0 Å². The fraction of sp³-hybridized carbons (Fsp3) is 0.500. The number of rotatable bonds is 1. The molecule has 0 saturated heterocycles. The maximum absolute atomic E-state index is 2.53. The van der Waals surface area contributed by atoms with Crippen molar-refractivity contribution >= 4 is 18.3 Å². The van der Waals surface area contributed by atoms with Crippen LogP contribution in [0.2, 0.25) is 4.75 Å². The van der Waals surface area contributed by atoms with Gasteiger partial charge in [-0.1, -0.05) is 0 Å². The van der Waals surface area contributed by atoms with Crippen LogP contribution in [0.15, 0.2) is 23.1 Å². The molecule has 2 rings (SSSR count). The standard InChI is InChI=1S/C10H14Ge/c1-9-5-2-3-8-11(9)10-6-4-7-10/h2-3,5,8,10H,4,6-7H2,1H3. The molecule has 2 aliphatic rings. The Labute approximate surface area is 72.6 Å². The van der Waals surface area contributed by atoms with Gasteiger partial charge in [0.25, 0.3) is 0 Å². The van der Waals surface area contributed by atoms with Crippen LogP contribution in [-0.4, -0.2) is 18.3 Å². The summed E-state index contributed by atoms with van der Waals surface area (Å²) in [6, 6.07) is 0. The second-order valence-corrected chi connectivity index (χ2v) is 9.46. The summed E-state index contributed by atoms with van der Waals surface area (Å²) in [6.07, 6.45) is 11.3. The normalized spacial score (nSPS) is 24.1. The third-order valence-electron chi connectivity index (χ3n) is 2.73. The molecule has 1 saturated carbocycles. The van der Waals surface area contributed by atoms with Gasteiger partial charge < -0.3 is 0 Å². The number of hydrogen-bond acceptors (Lipinski definition) is 0. The van der Waals surface area contributed by atoms with Gasteiger partial charge in [0.2, 0.25) is 0 Å². The molecule has 0 bridgehead atoms. The fourth-order valence-corrected chi connectivity index (χ4v) is 7.67. The van der Waals surface area contributed by atoms with E-state index in [2.05, 4.69) is 30.1 Å². The first-order valence-electron chi connectivity index (χ1n) is 4.43. The molecule has 0 unspecified atom stereocenters. The van der Waals surface area contributed by atoms with Crippen molar-refractivity contribution in [3.05, 3.63) is 23.1 Å². The van der Waals surface area contributed by atoms with E-state index in [4.69, 9.17) is 0 Å². The topological polar surface area (TPSA) is 0 Å². The van der Waals surface area contributed by atoms with Crippen LogP contribution in [0.5, 0.6) is 0 Å². The predicted octanol–water partition coefficient (Wildman–Crippen LogP) is 2.47. The van der Waals surface area contributed by atoms with Crippen molar-refractivity contribution in [3.63, 3.8) is 0 Å². The molecule has 1 heteroatoms. The van der Waals surface area contributed by atoms with Gasteiger partial charge in [-0.25, -0.2) is 0 Å². The van der Waals surface area contributed by atoms with Gasteiger partial charge in [0.15, 0.2) is 0 Å². The summed E-state index contributed by atoms with van der Waals surface area (Å²) in [5.41, 5.74) is 0. The monoisotopic (exact) mass is 208 g/mol. The van der Waals surface area contributed by atoms with Crippen molar-refractivity contribution in [3.8, 4) is 0 Å². The van der Waals surface area contributed by atoms with Crippen LogP contribution in [0.4, 0.5) is 0 Å². The average molecular weight is 207 g/mol. The minimum absolute atomic E-state index is 0.848. The van der Waals surface area contributed by atoms with Gasteiger partial charge in [0.05, 0.1) is 0 Å². The van der Waals surface area contributed by atoms with Gasteiger partial charge in [0, 0.05) is 0 Å². The minimum atomic E-state index is -0.848. The summed E-state index contributed by atoms with van der Waals surface area (Å²) < 4.78 is 2.86. The molecule has 1 aliphatic heterocycles. The number of allylic oxidation sites excluding steroid dienone is 3. The first-order valence-corrected chi connectivity index (χ1v) is 7.90. The van der Waals surface area contributed by atoms with Crippen molar-refractivity contribution in [1.29, 1.82) is 0 Å². The Bertz CT molecular complexity index is 242. The Hall–Kier alpha value is -0.107. The zero-order valence-corrected chi connectivity index (χ0v) is 9.11. The second-order valence-electron chi connectivity index (χ2n) is 3.48. The van der Waals surface area contributed by atoms with Crippen LogP contribution in [0.25, 0.3) is 0 Å². The van der Waals surface area contributed by atoms with Crippen LogP contribution >= 0.6 is 0 Å². The van der Waals surface area contributed by atoms with Crippen LogP contribution in [0.1, 0.15) is 26.2 Å². The summed E-state index contributed by atoms with van der Waals surface area (Å²) in [6.45, 7) is 2.33. The summed E-state index contributed by atoms with van der Waals surface area (Å²) in [7, 11) is 0. The summed E-state index contributed by atoms with van der Waals surface area (Å²) in [5, 5.41) is 0. The summed E-state index contributed by atoms with van der Waals surface area (Å²) in [5.74, 6) is 0. The zero-order valence-electron chi connectivity index (χ0n) is 7.01. The van der Waals surface area contributed by atoms with E-state index in [-0.39, 0.29) is 0 Å². The van der Waals surface area contributed by atoms with Gasteiger partial charge in [-0.3, -0.25) is 0 Å². The van der Waals surface area contributed by atoms with E-state index < -0.39 is 13.9 Å². The molecule has 0 N–H and O–H groups in total. The zero-order chi connectivity index (χ0) is 7.68. The average Bonchev–Trinajstić information content (AvgIpc) is 1.90. The third-order valence-corrected chi connectivity index (χ3v) is 9.21. The fourth-order valence-electron chi connectivity index (χ4n) is 1.76. The SMILES string of the molecule is C[C]1=[Ge]([CH]2CCC2)[CH]=CC=C1. The number of hydrogen-bond donors (Lipinski definition) is 0. The van der Waals surface area contributed by atoms with E-state index in [1.807, 2.05) is 0 Å². The molecular formula is C10H14Ge. The first-order chi connectivity index (χ1) is 5.38. The Morgan fingerprint density at radius 1 is 1.36 bits per heavy atom. The molecular weight excluding hydrogens is 193 g/mol. The molecule has 0 aromatic carbocycles. The molecule has 1 fully saturated rings. The molecule has 0 amide bonds. The molecule has 0 aromatic rings. The Morgan fingerprint density at radius 3 is 2.73 bits per heavy atom. The molecule has 0 spiro atoms. The van der Waals surface area contributed by atoms with E-state index >= 15 is 0 Å². The van der Waals surface area contributed by atoms with Crippen LogP contribution in [-0.2, 0) is 0 Å². The predicted molar refractivity (Wildman–Crippen MR) is 52.3 cm³/mol. The van der Waals surface area contributed by atoms with Crippen LogP contribution < -0.4 is 0 Å². The van der Waals surface area contributed by atoms with Crippen molar-refractivity contribution in [2.75, 3.05) is 0 Å². The molecule has 1 aliphatic carbocycles. The van der Waals surface area contributed by atoms with Crippen LogP contribution in [0, 0.1) is 0 Å². The molecule has 0 radical (unpaired) electrons. The Balaban J connectivity index is 2.22. The summed E-state index contributed by atoms with van der Waals surface area (Å²) >= 11 is -0.848. The van der Waals surface area contributed by atoms with Gasteiger partial charge in [-0.15, -0.1) is 0 Å². The van der Waals surface area contributed by atoms with Crippen molar-refractivity contribution in [2.45, 2.75) is 30.9 Å². The third kappa shape index (κ3) is 1.41. The second kappa shape index (κ2) is 3.10. The quantitative estimate of drug-likeness (QED) is 0.579. The molecule has 1 heterocycles. The van der Waals surface area contributed by atoms with Crippen molar-refractivity contribution in [1.82, 2.24) is 0 Å². The molecule has 0 aromatic heterocycles. The van der Waals surface area contributed by atoms with E-state index in [0.29, 0.717) is 0 Å². The Morgan fingerprint density at radius 2 is 2.18 bits per heavy atom. The van der Waals surface area contributed by atoms with E-state index in [1.165, 1.54) is 19.3 Å². The van der Waals surface area contributed by atoms with E-state index in [1.54, 1.807) is 4.35 Å². The van der Waals surface area contributed by atoms with Crippen molar-refractivity contribution < 1.29 is 0 Å². The molecule has 0 atom stereocenters.